The van der Waals surface area contributed by atoms with Crippen LogP contribution in [0, 0.1) is 6.92 Å². The number of urea groups is 1. The quantitative estimate of drug-likeness (QED) is 0.803. The summed E-state index contributed by atoms with van der Waals surface area (Å²) in [4.78, 5) is 17.1. The van der Waals surface area contributed by atoms with E-state index in [2.05, 4.69) is 47.5 Å². The van der Waals surface area contributed by atoms with Gasteiger partial charge in [-0.3, -0.25) is 4.90 Å². The summed E-state index contributed by atoms with van der Waals surface area (Å²) in [6.07, 6.45) is 4.97. The van der Waals surface area contributed by atoms with E-state index in [1.165, 1.54) is 16.7 Å². The molecule has 2 aromatic rings. The average Bonchev–Trinajstić information content (AvgIpc) is 2.77. The van der Waals surface area contributed by atoms with E-state index in [4.69, 9.17) is 0 Å². The molecular weight excluding hydrogens is 374 g/mol. The maximum absolute atomic E-state index is 12.7. The molecule has 5 nitrogen and oxygen atoms in total. The lowest BCUT2D eigenvalue weighted by Gasteiger charge is -2.34. The first-order chi connectivity index (χ1) is 14.6. The van der Waals surface area contributed by atoms with Gasteiger partial charge in [-0.25, -0.2) is 4.79 Å². The Morgan fingerprint density at radius 2 is 1.80 bits per heavy atom. The molecule has 2 amide bonds. The zero-order valence-corrected chi connectivity index (χ0v) is 17.7. The third-order valence-electron chi connectivity index (χ3n) is 6.30. The Morgan fingerprint density at radius 3 is 2.47 bits per heavy atom. The Bertz CT molecular complexity index is 899. The van der Waals surface area contributed by atoms with Crippen LogP contribution in [0.25, 0.3) is 5.57 Å². The number of aryl methyl sites for hydroxylation is 1. The SMILES string of the molecule is Cc1ccccc1CN1CCC(NC(=O)N2CC=C(c3ccc(O)cc3)CC2)CC1. The highest BCUT2D eigenvalue weighted by Crippen LogP contribution is 2.24. The minimum Gasteiger partial charge on any atom is -0.508 e. The second-order valence-corrected chi connectivity index (χ2v) is 8.40. The van der Waals surface area contributed by atoms with Crippen LogP contribution < -0.4 is 5.32 Å². The van der Waals surface area contributed by atoms with E-state index >= 15 is 0 Å². The van der Waals surface area contributed by atoms with Crippen LogP contribution in [0.15, 0.2) is 54.6 Å². The molecule has 0 atom stereocenters. The van der Waals surface area contributed by atoms with Crippen LogP contribution >= 0.6 is 0 Å². The first-order valence-electron chi connectivity index (χ1n) is 10.9. The van der Waals surface area contributed by atoms with Gasteiger partial charge in [-0.05, 0) is 60.6 Å². The van der Waals surface area contributed by atoms with Gasteiger partial charge in [-0.15, -0.1) is 0 Å². The minimum atomic E-state index is 0.0494. The van der Waals surface area contributed by atoms with Gasteiger partial charge in [0.2, 0.25) is 0 Å². The first-order valence-corrected chi connectivity index (χ1v) is 10.9. The number of hydrogen-bond acceptors (Lipinski definition) is 3. The number of nitrogens with one attached hydrogen (secondary N) is 1. The molecule has 0 aromatic heterocycles. The molecule has 30 heavy (non-hydrogen) atoms. The van der Waals surface area contributed by atoms with Crippen molar-refractivity contribution in [1.29, 1.82) is 0 Å². The van der Waals surface area contributed by atoms with E-state index in [-0.39, 0.29) is 17.8 Å². The number of nitrogens with zero attached hydrogens (tertiary/aromatic N) is 2. The second-order valence-electron chi connectivity index (χ2n) is 8.40. The minimum absolute atomic E-state index is 0.0494. The molecule has 2 N–H and O–H groups in total. The highest BCUT2D eigenvalue weighted by atomic mass is 16.3. The van der Waals surface area contributed by atoms with Gasteiger partial charge in [0.1, 0.15) is 5.75 Å². The fraction of sp³-hybridized carbons (Fsp3) is 0.400. The largest absolute Gasteiger partial charge is 0.508 e. The van der Waals surface area contributed by atoms with Crippen LogP contribution in [0.1, 0.15) is 36.0 Å². The number of carbonyl (C=O) groups is 1. The summed E-state index contributed by atoms with van der Waals surface area (Å²) in [6.45, 7) is 6.56. The number of phenols is 1. The molecule has 0 unspecified atom stereocenters. The fourth-order valence-corrected chi connectivity index (χ4v) is 4.32. The topological polar surface area (TPSA) is 55.8 Å². The van der Waals surface area contributed by atoms with Crippen molar-refractivity contribution in [2.45, 2.75) is 38.8 Å². The summed E-state index contributed by atoms with van der Waals surface area (Å²) in [7, 11) is 0. The molecule has 1 fully saturated rings. The predicted octanol–water partition coefficient (Wildman–Crippen LogP) is 4.16. The van der Waals surface area contributed by atoms with Gasteiger partial charge in [0.05, 0.1) is 0 Å². The third kappa shape index (κ3) is 5.03. The summed E-state index contributed by atoms with van der Waals surface area (Å²) in [5.74, 6) is 0.279. The Morgan fingerprint density at radius 1 is 1.07 bits per heavy atom. The van der Waals surface area contributed by atoms with Gasteiger partial charge in [0.15, 0.2) is 0 Å². The third-order valence-corrected chi connectivity index (χ3v) is 6.30. The van der Waals surface area contributed by atoms with Gasteiger partial charge in [-0.1, -0.05) is 42.5 Å². The van der Waals surface area contributed by atoms with Crippen LogP contribution in [-0.2, 0) is 6.54 Å². The summed E-state index contributed by atoms with van der Waals surface area (Å²) < 4.78 is 0. The van der Waals surface area contributed by atoms with Crippen molar-refractivity contribution >= 4 is 11.6 Å². The fourth-order valence-electron chi connectivity index (χ4n) is 4.32. The van der Waals surface area contributed by atoms with E-state index in [0.717, 1.165) is 51.0 Å². The molecule has 0 bridgehead atoms. The van der Waals surface area contributed by atoms with Gasteiger partial charge < -0.3 is 15.3 Å². The molecule has 1 saturated heterocycles. The van der Waals surface area contributed by atoms with Gasteiger partial charge in [0.25, 0.3) is 0 Å². The number of aromatic hydroxyl groups is 1. The van der Waals surface area contributed by atoms with Crippen LogP contribution in [0.2, 0.25) is 0 Å². The number of hydrogen-bond donors (Lipinski definition) is 2. The lowest BCUT2D eigenvalue weighted by molar-refractivity contribution is 0.171. The lowest BCUT2D eigenvalue weighted by Crippen LogP contribution is -2.50. The van der Waals surface area contributed by atoms with E-state index < -0.39 is 0 Å². The predicted molar refractivity (Wildman–Crippen MR) is 120 cm³/mol. The lowest BCUT2D eigenvalue weighted by atomic mass is 9.99. The Balaban J connectivity index is 1.23. The molecule has 2 aliphatic heterocycles. The monoisotopic (exact) mass is 405 g/mol. The van der Waals surface area contributed by atoms with Crippen molar-refractivity contribution in [1.82, 2.24) is 15.1 Å². The van der Waals surface area contributed by atoms with Crippen LogP contribution in [-0.4, -0.2) is 53.2 Å². The molecule has 158 valence electrons. The summed E-state index contributed by atoms with van der Waals surface area (Å²) >= 11 is 0. The number of benzene rings is 2. The highest BCUT2D eigenvalue weighted by Gasteiger charge is 2.24. The molecule has 2 aliphatic rings. The molecule has 0 spiro atoms. The van der Waals surface area contributed by atoms with Gasteiger partial charge >= 0.3 is 6.03 Å². The molecular formula is C25H31N3O2. The summed E-state index contributed by atoms with van der Waals surface area (Å²) in [5, 5.41) is 12.7. The Kier molecular flexibility index (Phi) is 6.38. The number of likely N-dealkylation sites (tertiary alicyclic amines) is 1. The molecule has 5 heteroatoms. The van der Waals surface area contributed by atoms with E-state index in [0.29, 0.717) is 6.54 Å². The zero-order valence-electron chi connectivity index (χ0n) is 17.7. The Hall–Kier alpha value is -2.79. The smallest absolute Gasteiger partial charge is 0.317 e. The van der Waals surface area contributed by atoms with Crippen LogP contribution in [0.5, 0.6) is 5.75 Å². The standard InChI is InChI=1S/C25H31N3O2/c1-19-4-2-3-5-22(19)18-27-14-12-23(13-15-27)26-25(30)28-16-10-21(11-17-28)20-6-8-24(29)9-7-20/h2-10,23,29H,11-18H2,1H3,(H,26,30). The van der Waals surface area contributed by atoms with Crippen molar-refractivity contribution in [3.63, 3.8) is 0 Å². The maximum Gasteiger partial charge on any atom is 0.317 e. The van der Waals surface area contributed by atoms with E-state index in [1.54, 1.807) is 12.1 Å². The normalized spacial score (nSPS) is 18.2. The van der Waals surface area contributed by atoms with Crippen LogP contribution in [0.4, 0.5) is 4.79 Å². The number of phenolic OH excluding ortho intramolecular Hbond substituents is 1. The van der Waals surface area contributed by atoms with Gasteiger partial charge in [-0.2, -0.15) is 0 Å². The zero-order chi connectivity index (χ0) is 20.9. The summed E-state index contributed by atoms with van der Waals surface area (Å²) in [5.41, 5.74) is 5.10. The van der Waals surface area contributed by atoms with Gasteiger partial charge in [0, 0.05) is 38.8 Å². The molecule has 2 heterocycles. The van der Waals surface area contributed by atoms with Crippen molar-refractivity contribution in [2.24, 2.45) is 0 Å². The second kappa shape index (κ2) is 9.35. The maximum atomic E-state index is 12.7. The highest BCUT2D eigenvalue weighted by molar-refractivity contribution is 5.77. The molecule has 0 aliphatic carbocycles. The molecule has 2 aromatic carbocycles. The molecule has 4 rings (SSSR count). The van der Waals surface area contributed by atoms with E-state index in [1.807, 2.05) is 17.0 Å². The van der Waals surface area contributed by atoms with Crippen molar-refractivity contribution in [3.8, 4) is 5.75 Å². The van der Waals surface area contributed by atoms with Crippen molar-refractivity contribution < 1.29 is 9.90 Å². The summed E-state index contributed by atoms with van der Waals surface area (Å²) in [6, 6.07) is 16.2. The first kappa shape index (κ1) is 20.5. The van der Waals surface area contributed by atoms with Crippen LogP contribution in [0.3, 0.4) is 0 Å². The Labute approximate surface area is 179 Å². The number of carbonyl (C=O) groups excluding carboxylic acids is 1. The van der Waals surface area contributed by atoms with E-state index in [9.17, 15) is 9.90 Å². The number of amides is 2. The average molecular weight is 406 g/mol. The molecule has 0 radical (unpaired) electrons. The van der Waals surface area contributed by atoms with Crippen molar-refractivity contribution in [2.75, 3.05) is 26.2 Å². The van der Waals surface area contributed by atoms with Crippen molar-refractivity contribution in [3.05, 3.63) is 71.3 Å². The molecule has 0 saturated carbocycles. The number of piperidine rings is 1. The number of rotatable bonds is 4.